The van der Waals surface area contributed by atoms with Gasteiger partial charge >= 0.3 is 0 Å². The van der Waals surface area contributed by atoms with Crippen LogP contribution in [0.5, 0.6) is 0 Å². The van der Waals surface area contributed by atoms with Crippen LogP contribution in [-0.2, 0) is 6.54 Å². The van der Waals surface area contributed by atoms with Crippen LogP contribution in [0.15, 0.2) is 11.7 Å². The minimum atomic E-state index is 0.885. The molecule has 0 unspecified atom stereocenters. The van der Waals surface area contributed by atoms with E-state index in [1.165, 1.54) is 50.3 Å². The molecule has 0 radical (unpaired) electrons. The SMILES string of the molecule is CCCN(Cc1cncs1)CC1CCNCC1. The van der Waals surface area contributed by atoms with Crippen molar-refractivity contribution < 1.29 is 0 Å². The predicted molar refractivity (Wildman–Crippen MR) is 73.3 cm³/mol. The van der Waals surface area contributed by atoms with E-state index < -0.39 is 0 Å². The highest BCUT2D eigenvalue weighted by molar-refractivity contribution is 7.09. The molecule has 0 atom stereocenters. The Labute approximate surface area is 108 Å². The second-order valence-corrected chi connectivity index (χ2v) is 5.87. The molecule has 0 saturated carbocycles. The maximum atomic E-state index is 4.16. The fourth-order valence-corrected chi connectivity index (χ4v) is 3.16. The maximum Gasteiger partial charge on any atom is 0.0794 e. The van der Waals surface area contributed by atoms with Crippen molar-refractivity contribution in [2.75, 3.05) is 26.2 Å². The second-order valence-electron chi connectivity index (χ2n) is 4.90. The zero-order valence-electron chi connectivity index (χ0n) is 10.7. The third-order valence-corrected chi connectivity index (χ3v) is 4.14. The Balaban J connectivity index is 1.83. The Morgan fingerprint density at radius 1 is 1.47 bits per heavy atom. The fraction of sp³-hybridized carbons (Fsp3) is 0.769. The Hall–Kier alpha value is -0.450. The molecule has 0 bridgehead atoms. The molecule has 4 heteroatoms. The average molecular weight is 253 g/mol. The van der Waals surface area contributed by atoms with Crippen molar-refractivity contribution in [3.63, 3.8) is 0 Å². The monoisotopic (exact) mass is 253 g/mol. The van der Waals surface area contributed by atoms with Gasteiger partial charge in [-0.15, -0.1) is 11.3 Å². The first kappa shape index (κ1) is 13.0. The Bertz CT molecular complexity index is 294. The summed E-state index contributed by atoms with van der Waals surface area (Å²) in [6.07, 6.45) is 5.92. The molecule has 96 valence electrons. The van der Waals surface area contributed by atoms with Crippen molar-refractivity contribution in [2.24, 2.45) is 5.92 Å². The van der Waals surface area contributed by atoms with Gasteiger partial charge in [-0.05, 0) is 44.8 Å². The number of rotatable bonds is 6. The molecule has 1 fully saturated rings. The van der Waals surface area contributed by atoms with Crippen LogP contribution in [-0.4, -0.2) is 36.1 Å². The Kier molecular flexibility index (Phi) is 5.42. The molecule has 0 amide bonds. The first-order valence-corrected chi connectivity index (χ1v) is 7.57. The van der Waals surface area contributed by atoms with Crippen molar-refractivity contribution in [2.45, 2.75) is 32.7 Å². The lowest BCUT2D eigenvalue weighted by atomic mass is 9.97. The maximum absolute atomic E-state index is 4.16. The molecule has 1 N–H and O–H groups in total. The van der Waals surface area contributed by atoms with E-state index in [1.807, 2.05) is 11.7 Å². The van der Waals surface area contributed by atoms with Gasteiger partial charge in [0, 0.05) is 24.2 Å². The molecule has 0 aromatic carbocycles. The van der Waals surface area contributed by atoms with E-state index in [9.17, 15) is 0 Å². The first-order valence-electron chi connectivity index (χ1n) is 6.69. The third-order valence-electron chi connectivity index (χ3n) is 3.38. The molecule has 0 aliphatic carbocycles. The number of hydrogen-bond donors (Lipinski definition) is 1. The van der Waals surface area contributed by atoms with E-state index in [0.717, 1.165) is 12.5 Å². The van der Waals surface area contributed by atoms with Crippen molar-refractivity contribution in [1.29, 1.82) is 0 Å². The predicted octanol–water partition coefficient (Wildman–Crippen LogP) is 2.35. The van der Waals surface area contributed by atoms with Gasteiger partial charge in [0.2, 0.25) is 0 Å². The molecule has 1 aromatic rings. The molecule has 2 rings (SSSR count). The highest BCUT2D eigenvalue weighted by atomic mass is 32.1. The van der Waals surface area contributed by atoms with Crippen molar-refractivity contribution in [3.8, 4) is 0 Å². The molecule has 1 aliphatic heterocycles. The minimum absolute atomic E-state index is 0.885. The molecule has 2 heterocycles. The standard InChI is InChI=1S/C13H23N3S/c1-2-7-16(10-13-8-15-11-17-13)9-12-3-5-14-6-4-12/h8,11-12,14H,2-7,9-10H2,1H3. The summed E-state index contributed by atoms with van der Waals surface area (Å²) in [4.78, 5) is 8.16. The Morgan fingerprint density at radius 3 is 2.94 bits per heavy atom. The molecular formula is C13H23N3S. The van der Waals surface area contributed by atoms with Gasteiger partial charge in [0.15, 0.2) is 0 Å². The lowest BCUT2D eigenvalue weighted by Gasteiger charge is -2.29. The number of piperidine rings is 1. The van der Waals surface area contributed by atoms with Crippen LogP contribution in [0.4, 0.5) is 0 Å². The minimum Gasteiger partial charge on any atom is -0.317 e. The number of thiazole rings is 1. The van der Waals surface area contributed by atoms with E-state index in [1.54, 1.807) is 11.3 Å². The van der Waals surface area contributed by atoms with Gasteiger partial charge in [-0.1, -0.05) is 6.92 Å². The number of nitrogens with zero attached hydrogens (tertiary/aromatic N) is 2. The van der Waals surface area contributed by atoms with Gasteiger partial charge in [0.05, 0.1) is 5.51 Å². The number of nitrogens with one attached hydrogen (secondary N) is 1. The van der Waals surface area contributed by atoms with Crippen LogP contribution >= 0.6 is 11.3 Å². The van der Waals surface area contributed by atoms with Gasteiger partial charge in [0.25, 0.3) is 0 Å². The van der Waals surface area contributed by atoms with Crippen LogP contribution in [0.1, 0.15) is 31.1 Å². The van der Waals surface area contributed by atoms with Crippen LogP contribution in [0.3, 0.4) is 0 Å². The second kappa shape index (κ2) is 7.09. The first-order chi connectivity index (χ1) is 8.38. The molecule has 1 aliphatic rings. The lowest BCUT2D eigenvalue weighted by Crippen LogP contribution is -2.36. The number of aromatic nitrogens is 1. The van der Waals surface area contributed by atoms with Crippen LogP contribution in [0.25, 0.3) is 0 Å². The summed E-state index contributed by atoms with van der Waals surface area (Å²) in [7, 11) is 0. The molecule has 0 spiro atoms. The summed E-state index contributed by atoms with van der Waals surface area (Å²) in [5.41, 5.74) is 1.93. The van der Waals surface area contributed by atoms with E-state index in [0.29, 0.717) is 0 Å². The molecule has 3 nitrogen and oxygen atoms in total. The summed E-state index contributed by atoms with van der Waals surface area (Å²) in [5.74, 6) is 0.885. The molecule has 1 saturated heterocycles. The largest absolute Gasteiger partial charge is 0.317 e. The zero-order chi connectivity index (χ0) is 11.9. The van der Waals surface area contributed by atoms with Crippen LogP contribution in [0.2, 0.25) is 0 Å². The topological polar surface area (TPSA) is 28.2 Å². The fourth-order valence-electron chi connectivity index (χ4n) is 2.52. The molecule has 17 heavy (non-hydrogen) atoms. The van der Waals surface area contributed by atoms with Gasteiger partial charge in [-0.3, -0.25) is 9.88 Å². The zero-order valence-corrected chi connectivity index (χ0v) is 11.5. The summed E-state index contributed by atoms with van der Waals surface area (Å²) >= 11 is 1.77. The molecule has 1 aromatic heterocycles. The van der Waals surface area contributed by atoms with Gasteiger partial charge in [-0.25, -0.2) is 0 Å². The van der Waals surface area contributed by atoms with Gasteiger partial charge < -0.3 is 5.32 Å². The normalized spacial score (nSPS) is 17.8. The van der Waals surface area contributed by atoms with Crippen molar-refractivity contribution in [3.05, 3.63) is 16.6 Å². The average Bonchev–Trinajstić information content (AvgIpc) is 2.83. The lowest BCUT2D eigenvalue weighted by molar-refractivity contribution is 0.200. The van der Waals surface area contributed by atoms with Gasteiger partial charge in [-0.2, -0.15) is 0 Å². The van der Waals surface area contributed by atoms with E-state index in [4.69, 9.17) is 0 Å². The summed E-state index contributed by atoms with van der Waals surface area (Å²) in [6.45, 7) is 8.22. The number of hydrogen-bond acceptors (Lipinski definition) is 4. The summed E-state index contributed by atoms with van der Waals surface area (Å²) < 4.78 is 0. The van der Waals surface area contributed by atoms with E-state index in [-0.39, 0.29) is 0 Å². The highest BCUT2D eigenvalue weighted by Crippen LogP contribution is 2.16. The van der Waals surface area contributed by atoms with Gasteiger partial charge in [0.1, 0.15) is 0 Å². The van der Waals surface area contributed by atoms with Crippen molar-refractivity contribution in [1.82, 2.24) is 15.2 Å². The quantitative estimate of drug-likeness (QED) is 0.843. The van der Waals surface area contributed by atoms with E-state index in [2.05, 4.69) is 22.1 Å². The smallest absolute Gasteiger partial charge is 0.0794 e. The van der Waals surface area contributed by atoms with E-state index >= 15 is 0 Å². The molecular weight excluding hydrogens is 230 g/mol. The van der Waals surface area contributed by atoms with Crippen LogP contribution in [0, 0.1) is 5.92 Å². The van der Waals surface area contributed by atoms with Crippen LogP contribution < -0.4 is 5.32 Å². The van der Waals surface area contributed by atoms with Crippen molar-refractivity contribution >= 4 is 11.3 Å². The Morgan fingerprint density at radius 2 is 2.29 bits per heavy atom. The third kappa shape index (κ3) is 4.37. The summed E-state index contributed by atoms with van der Waals surface area (Å²) in [5, 5.41) is 3.44. The summed E-state index contributed by atoms with van der Waals surface area (Å²) in [6, 6.07) is 0. The highest BCUT2D eigenvalue weighted by Gasteiger charge is 2.17.